The lowest BCUT2D eigenvalue weighted by Crippen LogP contribution is -2.04. The fourth-order valence-electron chi connectivity index (χ4n) is 1.48. The van der Waals surface area contributed by atoms with Crippen molar-refractivity contribution < 1.29 is 18.3 Å². The number of oxazole rings is 1. The number of benzene rings is 1. The lowest BCUT2D eigenvalue weighted by Gasteiger charge is -1.98. The number of carbonyl (C=O) groups is 1. The maximum atomic E-state index is 12.7. The number of hydrogen-bond donors (Lipinski definition) is 0. The van der Waals surface area contributed by atoms with Gasteiger partial charge in [0.25, 0.3) is 0 Å². The molecule has 18 heavy (non-hydrogen) atoms. The summed E-state index contributed by atoms with van der Waals surface area (Å²) in [5.41, 5.74) is 0.878. The molecule has 2 aromatic rings. The number of hydrogen-bond acceptors (Lipinski definition) is 4. The van der Waals surface area contributed by atoms with Crippen molar-refractivity contribution in [2.24, 2.45) is 0 Å². The standard InChI is InChI=1S/C13H12FNO3/c1-2-17-13(16)12-15-8-11(18-12)7-9-3-5-10(14)6-4-9/h3-6,8H,2,7H2,1H3. The quantitative estimate of drug-likeness (QED) is 0.781. The molecular formula is C13H12FNO3. The highest BCUT2D eigenvalue weighted by molar-refractivity contribution is 5.84. The largest absolute Gasteiger partial charge is 0.459 e. The van der Waals surface area contributed by atoms with Crippen molar-refractivity contribution in [1.82, 2.24) is 4.98 Å². The van der Waals surface area contributed by atoms with Crippen LogP contribution in [0.4, 0.5) is 4.39 Å². The second kappa shape index (κ2) is 5.44. The Morgan fingerprint density at radius 3 is 2.78 bits per heavy atom. The normalized spacial score (nSPS) is 10.3. The molecule has 5 heteroatoms. The highest BCUT2D eigenvalue weighted by atomic mass is 19.1. The number of aromatic nitrogens is 1. The minimum absolute atomic E-state index is 0.0611. The Kier molecular flexibility index (Phi) is 3.72. The SMILES string of the molecule is CCOC(=O)c1ncc(Cc2ccc(F)cc2)o1. The van der Waals surface area contributed by atoms with E-state index in [-0.39, 0.29) is 18.3 Å². The van der Waals surface area contributed by atoms with Gasteiger partial charge in [0.05, 0.1) is 12.8 Å². The molecule has 0 aliphatic carbocycles. The van der Waals surface area contributed by atoms with E-state index in [0.29, 0.717) is 12.2 Å². The predicted molar refractivity (Wildman–Crippen MR) is 61.7 cm³/mol. The summed E-state index contributed by atoms with van der Waals surface area (Å²) in [4.78, 5) is 15.2. The molecule has 0 spiro atoms. The number of ether oxygens (including phenoxy) is 1. The molecule has 0 fully saturated rings. The van der Waals surface area contributed by atoms with Gasteiger partial charge >= 0.3 is 11.9 Å². The van der Waals surface area contributed by atoms with E-state index in [0.717, 1.165) is 5.56 Å². The van der Waals surface area contributed by atoms with Gasteiger partial charge in [-0.15, -0.1) is 0 Å². The van der Waals surface area contributed by atoms with E-state index in [9.17, 15) is 9.18 Å². The summed E-state index contributed by atoms with van der Waals surface area (Å²) < 4.78 is 22.7. The molecule has 1 aromatic heterocycles. The van der Waals surface area contributed by atoms with Crippen molar-refractivity contribution in [3.63, 3.8) is 0 Å². The molecule has 0 N–H and O–H groups in total. The number of carbonyl (C=O) groups excluding carboxylic acids is 1. The minimum Gasteiger partial charge on any atom is -0.459 e. The first-order valence-corrected chi connectivity index (χ1v) is 5.55. The van der Waals surface area contributed by atoms with E-state index in [1.165, 1.54) is 18.3 Å². The monoisotopic (exact) mass is 249 g/mol. The summed E-state index contributed by atoms with van der Waals surface area (Å²) in [6.07, 6.45) is 1.92. The van der Waals surface area contributed by atoms with Crippen LogP contribution in [0.5, 0.6) is 0 Å². The zero-order chi connectivity index (χ0) is 13.0. The van der Waals surface area contributed by atoms with Gasteiger partial charge in [-0.1, -0.05) is 12.1 Å². The Balaban J connectivity index is 2.06. The first-order chi connectivity index (χ1) is 8.69. The second-order valence-electron chi connectivity index (χ2n) is 3.66. The zero-order valence-corrected chi connectivity index (χ0v) is 9.85. The Hall–Kier alpha value is -2.17. The first-order valence-electron chi connectivity index (χ1n) is 5.55. The molecule has 1 aromatic carbocycles. The molecule has 0 bridgehead atoms. The Labute approximate surface area is 103 Å². The predicted octanol–water partition coefficient (Wildman–Crippen LogP) is 2.58. The molecular weight excluding hydrogens is 237 g/mol. The molecule has 0 radical (unpaired) electrons. The molecule has 0 saturated heterocycles. The van der Waals surface area contributed by atoms with Gasteiger partial charge in [0.15, 0.2) is 0 Å². The number of rotatable bonds is 4. The van der Waals surface area contributed by atoms with E-state index in [2.05, 4.69) is 4.98 Å². The van der Waals surface area contributed by atoms with E-state index >= 15 is 0 Å². The van der Waals surface area contributed by atoms with Gasteiger partial charge < -0.3 is 9.15 Å². The number of nitrogens with zero attached hydrogens (tertiary/aromatic N) is 1. The molecule has 0 atom stereocenters. The minimum atomic E-state index is -0.581. The maximum Gasteiger partial charge on any atom is 0.394 e. The maximum absolute atomic E-state index is 12.7. The molecule has 0 aliphatic heterocycles. The molecule has 0 saturated carbocycles. The van der Waals surface area contributed by atoms with Gasteiger partial charge in [-0.2, -0.15) is 0 Å². The molecule has 4 nitrogen and oxygen atoms in total. The summed E-state index contributed by atoms with van der Waals surface area (Å²) in [6.45, 7) is 1.98. The van der Waals surface area contributed by atoms with Crippen LogP contribution in [-0.4, -0.2) is 17.6 Å². The Morgan fingerprint density at radius 2 is 2.11 bits per heavy atom. The molecule has 2 rings (SSSR count). The topological polar surface area (TPSA) is 52.3 Å². The third-order valence-corrected chi connectivity index (χ3v) is 2.30. The zero-order valence-electron chi connectivity index (χ0n) is 9.85. The van der Waals surface area contributed by atoms with Crippen molar-refractivity contribution in [2.45, 2.75) is 13.3 Å². The van der Waals surface area contributed by atoms with Gasteiger partial charge in [-0.3, -0.25) is 0 Å². The van der Waals surface area contributed by atoms with Crippen molar-refractivity contribution in [3.05, 3.63) is 53.5 Å². The van der Waals surface area contributed by atoms with Gasteiger partial charge in [-0.05, 0) is 24.6 Å². The van der Waals surface area contributed by atoms with Crippen LogP contribution in [0.15, 0.2) is 34.9 Å². The van der Waals surface area contributed by atoms with Crippen LogP contribution in [0.2, 0.25) is 0 Å². The van der Waals surface area contributed by atoms with E-state index in [4.69, 9.17) is 9.15 Å². The molecule has 1 heterocycles. The van der Waals surface area contributed by atoms with Crippen LogP contribution in [-0.2, 0) is 11.2 Å². The lowest BCUT2D eigenvalue weighted by atomic mass is 10.1. The highest BCUT2D eigenvalue weighted by Gasteiger charge is 2.14. The third kappa shape index (κ3) is 2.94. The molecule has 0 aliphatic rings. The summed E-state index contributed by atoms with van der Waals surface area (Å²) in [6, 6.07) is 6.06. The Morgan fingerprint density at radius 1 is 1.39 bits per heavy atom. The fourth-order valence-corrected chi connectivity index (χ4v) is 1.48. The van der Waals surface area contributed by atoms with Crippen molar-refractivity contribution in [3.8, 4) is 0 Å². The van der Waals surface area contributed by atoms with Crippen LogP contribution in [0.25, 0.3) is 0 Å². The first kappa shape index (κ1) is 12.3. The van der Waals surface area contributed by atoms with Gasteiger partial charge in [-0.25, -0.2) is 14.2 Å². The molecule has 94 valence electrons. The van der Waals surface area contributed by atoms with Crippen LogP contribution in [0.1, 0.15) is 28.9 Å². The second-order valence-corrected chi connectivity index (χ2v) is 3.66. The molecule has 0 unspecified atom stereocenters. The Bertz CT molecular complexity index is 533. The van der Waals surface area contributed by atoms with Gasteiger partial charge in [0, 0.05) is 6.42 Å². The van der Waals surface area contributed by atoms with Crippen molar-refractivity contribution in [1.29, 1.82) is 0 Å². The third-order valence-electron chi connectivity index (χ3n) is 2.30. The lowest BCUT2D eigenvalue weighted by molar-refractivity contribution is 0.0479. The summed E-state index contributed by atoms with van der Waals surface area (Å²) in [5, 5.41) is 0. The smallest absolute Gasteiger partial charge is 0.394 e. The summed E-state index contributed by atoms with van der Waals surface area (Å²) in [7, 11) is 0. The average molecular weight is 249 g/mol. The van der Waals surface area contributed by atoms with Gasteiger partial charge in [0.2, 0.25) is 0 Å². The number of esters is 1. The van der Waals surface area contributed by atoms with Crippen molar-refractivity contribution in [2.75, 3.05) is 6.61 Å². The van der Waals surface area contributed by atoms with Crippen LogP contribution in [0, 0.1) is 5.82 Å². The van der Waals surface area contributed by atoms with Crippen LogP contribution in [0.3, 0.4) is 0 Å². The van der Waals surface area contributed by atoms with Crippen LogP contribution >= 0.6 is 0 Å². The number of halogens is 1. The van der Waals surface area contributed by atoms with E-state index < -0.39 is 5.97 Å². The fraction of sp³-hybridized carbons (Fsp3) is 0.231. The van der Waals surface area contributed by atoms with E-state index in [1.807, 2.05) is 0 Å². The van der Waals surface area contributed by atoms with E-state index in [1.54, 1.807) is 19.1 Å². The highest BCUT2D eigenvalue weighted by Crippen LogP contribution is 2.12. The summed E-state index contributed by atoms with van der Waals surface area (Å²) >= 11 is 0. The van der Waals surface area contributed by atoms with Crippen LogP contribution < -0.4 is 0 Å². The van der Waals surface area contributed by atoms with Crippen molar-refractivity contribution >= 4 is 5.97 Å². The van der Waals surface area contributed by atoms with Gasteiger partial charge in [0.1, 0.15) is 11.6 Å². The average Bonchev–Trinajstić information content (AvgIpc) is 2.81. The molecule has 0 amide bonds. The summed E-state index contributed by atoms with van der Waals surface area (Å²) in [5.74, 6) is -0.398.